The SMILES string of the molecule is CCC(=O)Nc1cccc(NS(=O)(=O)c2cc(Cl)c(C)c([N+](=O)[O-])c2)c1C. The summed E-state index contributed by atoms with van der Waals surface area (Å²) < 4.78 is 27.8. The van der Waals surface area contributed by atoms with E-state index < -0.39 is 14.9 Å². The first-order valence-electron chi connectivity index (χ1n) is 7.93. The van der Waals surface area contributed by atoms with E-state index in [1.165, 1.54) is 13.0 Å². The molecule has 2 aromatic carbocycles. The molecule has 2 aromatic rings. The summed E-state index contributed by atoms with van der Waals surface area (Å²) in [5, 5.41) is 13.8. The average molecular weight is 412 g/mol. The normalized spacial score (nSPS) is 11.1. The van der Waals surface area contributed by atoms with Crippen LogP contribution < -0.4 is 10.0 Å². The largest absolute Gasteiger partial charge is 0.326 e. The lowest BCUT2D eigenvalue weighted by Gasteiger charge is -2.14. The zero-order valence-corrected chi connectivity index (χ0v) is 16.4. The molecule has 144 valence electrons. The Morgan fingerprint density at radius 3 is 2.41 bits per heavy atom. The van der Waals surface area contributed by atoms with Crippen LogP contribution in [0.4, 0.5) is 17.1 Å². The molecule has 0 saturated carbocycles. The Labute approximate surface area is 161 Å². The summed E-state index contributed by atoms with van der Waals surface area (Å²) in [6, 6.07) is 6.87. The Hall–Kier alpha value is -2.65. The molecular formula is C17H18ClN3O5S. The van der Waals surface area contributed by atoms with Crippen LogP contribution in [0, 0.1) is 24.0 Å². The maximum Gasteiger partial charge on any atom is 0.275 e. The van der Waals surface area contributed by atoms with E-state index in [9.17, 15) is 23.3 Å². The molecular weight excluding hydrogens is 394 g/mol. The number of carbonyl (C=O) groups excluding carboxylic acids is 1. The van der Waals surface area contributed by atoms with Crippen molar-refractivity contribution < 1.29 is 18.1 Å². The van der Waals surface area contributed by atoms with Crippen LogP contribution >= 0.6 is 11.6 Å². The van der Waals surface area contributed by atoms with Gasteiger partial charge in [-0.25, -0.2) is 8.42 Å². The molecule has 0 aliphatic carbocycles. The predicted octanol–water partition coefficient (Wildman–Crippen LogP) is 4.01. The summed E-state index contributed by atoms with van der Waals surface area (Å²) in [6.45, 7) is 4.79. The fourth-order valence-corrected chi connectivity index (χ4v) is 3.76. The van der Waals surface area contributed by atoms with Crippen molar-refractivity contribution in [3.05, 3.63) is 56.6 Å². The standard InChI is InChI=1S/C17H18ClN3O5S/c1-4-17(22)19-14-6-5-7-15(11(14)3)20-27(25,26)12-8-13(18)10(2)16(9-12)21(23)24/h5-9,20H,4H2,1-3H3,(H,19,22). The van der Waals surface area contributed by atoms with Crippen molar-refractivity contribution in [2.75, 3.05) is 10.0 Å². The zero-order chi connectivity index (χ0) is 20.4. The van der Waals surface area contributed by atoms with Crippen LogP contribution in [-0.2, 0) is 14.8 Å². The summed E-state index contributed by atoms with van der Waals surface area (Å²) in [4.78, 5) is 21.7. The predicted molar refractivity (Wildman–Crippen MR) is 104 cm³/mol. The Balaban J connectivity index is 2.44. The smallest absolute Gasteiger partial charge is 0.275 e. The molecule has 0 unspecified atom stereocenters. The minimum atomic E-state index is -4.13. The summed E-state index contributed by atoms with van der Waals surface area (Å²) in [6.07, 6.45) is 0.279. The third kappa shape index (κ3) is 4.55. The topological polar surface area (TPSA) is 118 Å². The quantitative estimate of drug-likeness (QED) is 0.549. The van der Waals surface area contributed by atoms with Gasteiger partial charge in [-0.05, 0) is 37.6 Å². The first-order chi connectivity index (χ1) is 12.6. The number of nitrogens with zero attached hydrogens (tertiary/aromatic N) is 1. The van der Waals surface area contributed by atoms with Crippen molar-refractivity contribution in [1.29, 1.82) is 0 Å². The Morgan fingerprint density at radius 2 is 1.81 bits per heavy atom. The number of sulfonamides is 1. The van der Waals surface area contributed by atoms with Gasteiger partial charge in [0.1, 0.15) is 0 Å². The lowest BCUT2D eigenvalue weighted by Crippen LogP contribution is -2.16. The minimum Gasteiger partial charge on any atom is -0.326 e. The van der Waals surface area contributed by atoms with Crippen LogP contribution in [0.2, 0.25) is 5.02 Å². The second-order valence-corrected chi connectivity index (χ2v) is 7.88. The van der Waals surface area contributed by atoms with Crippen molar-refractivity contribution >= 4 is 44.6 Å². The highest BCUT2D eigenvalue weighted by molar-refractivity contribution is 7.92. The molecule has 10 heteroatoms. The maximum atomic E-state index is 12.7. The fourth-order valence-electron chi connectivity index (χ4n) is 2.31. The summed E-state index contributed by atoms with van der Waals surface area (Å²) in [5.74, 6) is -0.209. The monoisotopic (exact) mass is 411 g/mol. The first kappa shape index (κ1) is 20.7. The van der Waals surface area contributed by atoms with E-state index in [0.29, 0.717) is 11.3 Å². The average Bonchev–Trinajstić information content (AvgIpc) is 2.59. The minimum absolute atomic E-state index is 0.0229. The number of anilines is 2. The number of nitrogens with one attached hydrogen (secondary N) is 2. The second kappa shape index (κ2) is 7.93. The van der Waals surface area contributed by atoms with Crippen molar-refractivity contribution in [1.82, 2.24) is 0 Å². The van der Waals surface area contributed by atoms with Gasteiger partial charge in [-0.1, -0.05) is 24.6 Å². The van der Waals surface area contributed by atoms with Gasteiger partial charge in [-0.2, -0.15) is 0 Å². The molecule has 2 N–H and O–H groups in total. The molecule has 8 nitrogen and oxygen atoms in total. The van der Waals surface area contributed by atoms with Crippen LogP contribution in [0.25, 0.3) is 0 Å². The number of hydrogen-bond donors (Lipinski definition) is 2. The summed E-state index contributed by atoms with van der Waals surface area (Å²) >= 11 is 5.96. The van der Waals surface area contributed by atoms with E-state index in [-0.39, 0.29) is 39.2 Å². The van der Waals surface area contributed by atoms with Gasteiger partial charge in [-0.15, -0.1) is 0 Å². The van der Waals surface area contributed by atoms with Gasteiger partial charge in [0.15, 0.2) is 0 Å². The molecule has 2 rings (SSSR count). The van der Waals surface area contributed by atoms with Gasteiger partial charge in [0.2, 0.25) is 5.91 Å². The molecule has 0 atom stereocenters. The Kier molecular flexibility index (Phi) is 6.07. The highest BCUT2D eigenvalue weighted by Crippen LogP contribution is 2.31. The molecule has 0 aliphatic heterocycles. The van der Waals surface area contributed by atoms with Crippen LogP contribution in [0.3, 0.4) is 0 Å². The highest BCUT2D eigenvalue weighted by atomic mass is 35.5. The number of rotatable bonds is 6. The first-order valence-corrected chi connectivity index (χ1v) is 9.79. The number of hydrogen-bond acceptors (Lipinski definition) is 5. The van der Waals surface area contributed by atoms with Crippen molar-refractivity contribution in [3.8, 4) is 0 Å². The third-order valence-corrected chi connectivity index (χ3v) is 5.71. The van der Waals surface area contributed by atoms with Gasteiger partial charge in [0.05, 0.1) is 20.5 Å². The van der Waals surface area contributed by atoms with Crippen LogP contribution in [-0.4, -0.2) is 19.2 Å². The third-order valence-electron chi connectivity index (χ3n) is 3.97. The van der Waals surface area contributed by atoms with Crippen molar-refractivity contribution in [3.63, 3.8) is 0 Å². The summed E-state index contributed by atoms with van der Waals surface area (Å²) in [5.41, 5.74) is 1.01. The lowest BCUT2D eigenvalue weighted by molar-refractivity contribution is -0.385. The van der Waals surface area contributed by atoms with Crippen molar-refractivity contribution in [2.24, 2.45) is 0 Å². The van der Waals surface area contributed by atoms with Gasteiger partial charge in [0.25, 0.3) is 15.7 Å². The Morgan fingerprint density at radius 1 is 1.19 bits per heavy atom. The van der Waals surface area contributed by atoms with E-state index in [4.69, 9.17) is 11.6 Å². The number of nitro groups is 1. The molecule has 0 heterocycles. The van der Waals surface area contributed by atoms with E-state index in [2.05, 4.69) is 10.0 Å². The second-order valence-electron chi connectivity index (χ2n) is 5.79. The van der Waals surface area contributed by atoms with E-state index >= 15 is 0 Å². The molecule has 1 amide bonds. The van der Waals surface area contributed by atoms with Crippen LogP contribution in [0.5, 0.6) is 0 Å². The van der Waals surface area contributed by atoms with Gasteiger partial charge in [0, 0.05) is 23.7 Å². The molecule has 27 heavy (non-hydrogen) atoms. The molecule has 0 fully saturated rings. The fraction of sp³-hybridized carbons (Fsp3) is 0.235. The van der Waals surface area contributed by atoms with Gasteiger partial charge in [-0.3, -0.25) is 19.6 Å². The number of halogens is 1. The molecule has 0 radical (unpaired) electrons. The molecule has 0 bridgehead atoms. The van der Waals surface area contributed by atoms with Crippen LogP contribution in [0.15, 0.2) is 35.2 Å². The molecule has 0 saturated heterocycles. The zero-order valence-electron chi connectivity index (χ0n) is 14.9. The maximum absolute atomic E-state index is 12.7. The Bertz CT molecular complexity index is 1020. The summed E-state index contributed by atoms with van der Waals surface area (Å²) in [7, 11) is -4.13. The number of benzene rings is 2. The van der Waals surface area contributed by atoms with E-state index in [1.54, 1.807) is 26.0 Å². The van der Waals surface area contributed by atoms with E-state index in [1.807, 2.05) is 0 Å². The van der Waals surface area contributed by atoms with E-state index in [0.717, 1.165) is 12.1 Å². The van der Waals surface area contributed by atoms with Gasteiger partial charge >= 0.3 is 0 Å². The van der Waals surface area contributed by atoms with Crippen molar-refractivity contribution in [2.45, 2.75) is 32.1 Å². The lowest BCUT2D eigenvalue weighted by atomic mass is 10.1. The number of amides is 1. The molecule has 0 aromatic heterocycles. The van der Waals surface area contributed by atoms with Gasteiger partial charge < -0.3 is 5.32 Å². The molecule has 0 aliphatic rings. The highest BCUT2D eigenvalue weighted by Gasteiger charge is 2.23. The number of nitro benzene ring substituents is 1. The number of carbonyl (C=O) groups is 1. The molecule has 0 spiro atoms. The van der Waals surface area contributed by atoms with Crippen LogP contribution in [0.1, 0.15) is 24.5 Å².